The van der Waals surface area contributed by atoms with Crippen LogP contribution in [0.1, 0.15) is 75.3 Å². The van der Waals surface area contributed by atoms with Gasteiger partial charge in [-0.3, -0.25) is 0 Å². The number of unbranched alkanes of at least 4 members (excludes halogenated alkanes) is 7. The van der Waals surface area contributed by atoms with Crippen LogP contribution in [0.3, 0.4) is 0 Å². The summed E-state index contributed by atoms with van der Waals surface area (Å²) in [5.74, 6) is -3.14. The molecule has 0 aromatic heterocycles. The first kappa shape index (κ1) is 31.3. The van der Waals surface area contributed by atoms with Crippen LogP contribution < -0.4 is 0 Å². The summed E-state index contributed by atoms with van der Waals surface area (Å²) >= 11 is 1.46. The Morgan fingerprint density at radius 2 is 1.31 bits per heavy atom. The summed E-state index contributed by atoms with van der Waals surface area (Å²) in [4.78, 5) is 0. The molecule has 0 atom stereocenters. The lowest BCUT2D eigenvalue weighted by atomic mass is 9.90. The Labute approximate surface area is 233 Å². The third-order valence-electron chi connectivity index (χ3n) is 7.14. The largest absolute Gasteiger partial charge is 0.508 e. The van der Waals surface area contributed by atoms with Crippen molar-refractivity contribution < 1.29 is 27.1 Å². The number of phenols is 1. The number of hydrogen-bond acceptors (Lipinski definition) is 2. The van der Waals surface area contributed by atoms with Gasteiger partial charge in [0.25, 0.3) is 0 Å². The van der Waals surface area contributed by atoms with Crippen molar-refractivity contribution in [1.82, 2.24) is 0 Å². The lowest BCUT2D eigenvalue weighted by molar-refractivity contribution is -0.284. The van der Waals surface area contributed by atoms with Gasteiger partial charge in [0, 0.05) is 6.42 Å². The molecule has 3 rings (SSSR count). The van der Waals surface area contributed by atoms with E-state index in [4.69, 9.17) is 0 Å². The summed E-state index contributed by atoms with van der Waals surface area (Å²) in [6.07, 6.45) is 3.21. The molecule has 0 aliphatic carbocycles. The van der Waals surface area contributed by atoms with Crippen molar-refractivity contribution in [2.45, 2.75) is 89.7 Å². The van der Waals surface area contributed by atoms with Crippen molar-refractivity contribution in [3.8, 4) is 16.9 Å². The zero-order chi connectivity index (χ0) is 28.3. The van der Waals surface area contributed by atoms with Crippen molar-refractivity contribution in [3.05, 3.63) is 65.7 Å². The van der Waals surface area contributed by atoms with Crippen LogP contribution in [-0.2, 0) is 6.42 Å². The normalized spacial score (nSPS) is 12.4. The van der Waals surface area contributed by atoms with Crippen LogP contribution in [0, 0.1) is 6.92 Å². The minimum absolute atomic E-state index is 0.120. The Balaban J connectivity index is 1.33. The Morgan fingerprint density at radius 1 is 0.692 bits per heavy atom. The molecule has 3 aromatic carbocycles. The SMILES string of the molecule is Cc1ccc(-c2ccc3cc(O)ccc3c2CCCCCCCCCCSCCCC(F)(F)C(F)(F)F)cc1. The molecule has 0 aliphatic heterocycles. The molecule has 0 radical (unpaired) electrons. The molecule has 0 fully saturated rings. The van der Waals surface area contributed by atoms with E-state index in [0.717, 1.165) is 56.1 Å². The number of alkyl halides is 5. The van der Waals surface area contributed by atoms with E-state index < -0.39 is 18.5 Å². The van der Waals surface area contributed by atoms with Gasteiger partial charge in [0.05, 0.1) is 0 Å². The highest BCUT2D eigenvalue weighted by atomic mass is 32.2. The zero-order valence-electron chi connectivity index (χ0n) is 22.6. The van der Waals surface area contributed by atoms with E-state index in [1.54, 1.807) is 6.07 Å². The Hall–Kier alpha value is -2.28. The van der Waals surface area contributed by atoms with Crippen molar-refractivity contribution >= 4 is 22.5 Å². The number of aryl methyl sites for hydroxylation is 2. The van der Waals surface area contributed by atoms with E-state index in [1.165, 1.54) is 52.2 Å². The molecule has 0 saturated heterocycles. The number of halogens is 5. The van der Waals surface area contributed by atoms with Crippen LogP contribution in [0.2, 0.25) is 0 Å². The van der Waals surface area contributed by atoms with Crippen molar-refractivity contribution in [2.75, 3.05) is 11.5 Å². The molecular weight excluding hydrogens is 527 g/mol. The van der Waals surface area contributed by atoms with Crippen LogP contribution in [0.15, 0.2) is 54.6 Å². The van der Waals surface area contributed by atoms with Crippen molar-refractivity contribution in [3.63, 3.8) is 0 Å². The second-order valence-electron chi connectivity index (χ2n) is 10.4. The fraction of sp³-hybridized carbons (Fsp3) is 0.500. The van der Waals surface area contributed by atoms with Gasteiger partial charge in [-0.15, -0.1) is 0 Å². The van der Waals surface area contributed by atoms with Gasteiger partial charge in [-0.05, 0) is 83.7 Å². The van der Waals surface area contributed by atoms with E-state index in [0.29, 0.717) is 5.75 Å². The van der Waals surface area contributed by atoms with Crippen LogP contribution in [0.5, 0.6) is 5.75 Å². The maximum atomic E-state index is 12.9. The molecule has 0 unspecified atom stereocenters. The van der Waals surface area contributed by atoms with Crippen molar-refractivity contribution in [1.29, 1.82) is 0 Å². The predicted molar refractivity (Wildman–Crippen MR) is 154 cm³/mol. The highest BCUT2D eigenvalue weighted by Crippen LogP contribution is 2.39. The molecule has 39 heavy (non-hydrogen) atoms. The maximum Gasteiger partial charge on any atom is 0.453 e. The fourth-order valence-electron chi connectivity index (χ4n) is 4.86. The second kappa shape index (κ2) is 14.9. The van der Waals surface area contributed by atoms with Gasteiger partial charge in [0.2, 0.25) is 0 Å². The first-order valence-corrected chi connectivity index (χ1v) is 15.1. The van der Waals surface area contributed by atoms with E-state index in [1.807, 2.05) is 12.1 Å². The maximum absolute atomic E-state index is 12.9. The van der Waals surface area contributed by atoms with E-state index in [2.05, 4.69) is 43.3 Å². The number of thioether (sulfide) groups is 1. The Bertz CT molecular complexity index is 1160. The molecule has 0 saturated carbocycles. The molecule has 214 valence electrons. The van der Waals surface area contributed by atoms with Gasteiger partial charge >= 0.3 is 12.1 Å². The molecule has 1 N–H and O–H groups in total. The topological polar surface area (TPSA) is 20.2 Å². The first-order chi connectivity index (χ1) is 18.6. The number of rotatable bonds is 16. The number of phenolic OH excluding ortho intramolecular Hbond substituents is 1. The average molecular weight is 567 g/mol. The quantitative estimate of drug-likeness (QED) is 0.137. The number of hydrogen-bond donors (Lipinski definition) is 1. The monoisotopic (exact) mass is 566 g/mol. The van der Waals surface area contributed by atoms with Crippen LogP contribution in [0.25, 0.3) is 21.9 Å². The standard InChI is InChI=1S/C32H39F5OS/c1-24-12-14-25(15-13-24)28-18-16-26-23-27(38)17-19-29(26)30(28)11-8-6-4-2-3-5-7-9-21-39-22-10-20-31(33,34)32(35,36)37/h12-19,23,38H,2-11,20-22H2,1H3. The van der Waals surface area contributed by atoms with Gasteiger partial charge in [-0.1, -0.05) is 86.6 Å². The molecule has 0 amide bonds. The van der Waals surface area contributed by atoms with Crippen molar-refractivity contribution in [2.24, 2.45) is 0 Å². The summed E-state index contributed by atoms with van der Waals surface area (Å²) in [6, 6.07) is 18.5. The molecular formula is C32H39F5OS. The highest BCUT2D eigenvalue weighted by Gasteiger charge is 2.56. The van der Waals surface area contributed by atoms with Crippen LogP contribution in [-0.4, -0.2) is 28.7 Å². The molecule has 0 bridgehead atoms. The van der Waals surface area contributed by atoms with Gasteiger partial charge < -0.3 is 5.11 Å². The van der Waals surface area contributed by atoms with E-state index in [9.17, 15) is 27.1 Å². The third-order valence-corrected chi connectivity index (χ3v) is 8.29. The van der Waals surface area contributed by atoms with Gasteiger partial charge in [0.1, 0.15) is 5.75 Å². The molecule has 0 spiro atoms. The Kier molecular flexibility index (Phi) is 12.0. The van der Waals surface area contributed by atoms with Crippen LogP contribution >= 0.6 is 11.8 Å². The number of fused-ring (bicyclic) bond motifs is 1. The lowest BCUT2D eigenvalue weighted by Crippen LogP contribution is -2.36. The van der Waals surface area contributed by atoms with Gasteiger partial charge in [0.15, 0.2) is 0 Å². The summed E-state index contributed by atoms with van der Waals surface area (Å²) in [5.41, 5.74) is 5.02. The van der Waals surface area contributed by atoms with Crippen LogP contribution in [0.4, 0.5) is 22.0 Å². The predicted octanol–water partition coefficient (Wildman–Crippen LogP) is 10.9. The lowest BCUT2D eigenvalue weighted by Gasteiger charge is -2.19. The summed E-state index contributed by atoms with van der Waals surface area (Å²) in [5, 5.41) is 12.2. The highest BCUT2D eigenvalue weighted by molar-refractivity contribution is 7.99. The van der Waals surface area contributed by atoms with Gasteiger partial charge in [-0.25, -0.2) is 0 Å². The molecule has 3 aromatic rings. The van der Waals surface area contributed by atoms with E-state index >= 15 is 0 Å². The summed E-state index contributed by atoms with van der Waals surface area (Å²) < 4.78 is 62.2. The average Bonchev–Trinajstić information content (AvgIpc) is 2.88. The first-order valence-electron chi connectivity index (χ1n) is 13.9. The fourth-order valence-corrected chi connectivity index (χ4v) is 5.82. The second-order valence-corrected chi connectivity index (χ2v) is 11.6. The number of aromatic hydroxyl groups is 1. The third kappa shape index (κ3) is 9.70. The number of benzene rings is 3. The molecule has 1 nitrogen and oxygen atoms in total. The molecule has 0 heterocycles. The molecule has 7 heteroatoms. The van der Waals surface area contributed by atoms with E-state index in [-0.39, 0.29) is 12.2 Å². The van der Waals surface area contributed by atoms with Gasteiger partial charge in [-0.2, -0.15) is 33.7 Å². The molecule has 0 aliphatic rings. The Morgan fingerprint density at radius 3 is 1.97 bits per heavy atom. The smallest absolute Gasteiger partial charge is 0.453 e. The minimum Gasteiger partial charge on any atom is -0.508 e. The summed E-state index contributed by atoms with van der Waals surface area (Å²) in [6.45, 7) is 2.09. The summed E-state index contributed by atoms with van der Waals surface area (Å²) in [7, 11) is 0. The minimum atomic E-state index is -5.44. The zero-order valence-corrected chi connectivity index (χ0v) is 23.5.